The molecule has 1 aromatic heterocycles. The van der Waals surface area contributed by atoms with Crippen molar-refractivity contribution in [1.82, 2.24) is 14.5 Å². The minimum atomic E-state index is -0.169. The van der Waals surface area contributed by atoms with Crippen LogP contribution in [0.15, 0.2) is 59.4 Å². The Bertz CT molecular complexity index is 925. The number of aromatic nitrogens is 2. The van der Waals surface area contributed by atoms with E-state index in [1.807, 2.05) is 68.4 Å². The smallest absolute Gasteiger partial charge is 0.329 e. The highest BCUT2D eigenvalue weighted by Crippen LogP contribution is 2.14. The molecule has 1 amide bonds. The molecule has 0 aliphatic rings. The van der Waals surface area contributed by atoms with Gasteiger partial charge in [-0.25, -0.2) is 4.79 Å². The average molecular weight is 337 g/mol. The molecule has 0 saturated carbocycles. The first-order chi connectivity index (χ1) is 12.1. The van der Waals surface area contributed by atoms with Crippen LogP contribution in [-0.4, -0.2) is 15.0 Å². The number of carbonyl (C=O) groups is 1. The lowest BCUT2D eigenvalue weighted by Crippen LogP contribution is -2.34. The van der Waals surface area contributed by atoms with Crippen LogP contribution in [0, 0.1) is 0 Å². The summed E-state index contributed by atoms with van der Waals surface area (Å²) in [6.45, 7) is 4.64. The van der Waals surface area contributed by atoms with Crippen LogP contribution in [0.2, 0.25) is 0 Å². The molecule has 0 radical (unpaired) electrons. The fourth-order valence-corrected chi connectivity index (χ4v) is 3.12. The predicted octanol–water partition coefficient (Wildman–Crippen LogP) is 3.09. The first kappa shape index (κ1) is 17.0. The molecule has 0 saturated heterocycles. The van der Waals surface area contributed by atoms with Crippen molar-refractivity contribution in [2.24, 2.45) is 0 Å². The number of aryl methyl sites for hydroxylation is 1. The van der Waals surface area contributed by atoms with E-state index in [0.29, 0.717) is 6.54 Å². The summed E-state index contributed by atoms with van der Waals surface area (Å²) in [6, 6.07) is 17.3. The molecule has 5 nitrogen and oxygen atoms in total. The Morgan fingerprint density at radius 2 is 1.60 bits per heavy atom. The molecule has 0 aliphatic heterocycles. The van der Waals surface area contributed by atoms with Crippen LogP contribution in [0.5, 0.6) is 0 Å². The molecule has 1 N–H and O–H groups in total. The van der Waals surface area contributed by atoms with Gasteiger partial charge < -0.3 is 5.32 Å². The van der Waals surface area contributed by atoms with Crippen LogP contribution in [-0.2, 0) is 17.9 Å². The number of nitrogens with one attached hydrogen (secondary N) is 1. The number of fused-ring (bicyclic) bond motifs is 1. The third kappa shape index (κ3) is 3.50. The topological polar surface area (TPSA) is 56.0 Å². The maximum absolute atomic E-state index is 12.7. The third-order valence-corrected chi connectivity index (χ3v) is 4.35. The molecule has 0 fully saturated rings. The van der Waals surface area contributed by atoms with E-state index < -0.39 is 0 Å². The summed E-state index contributed by atoms with van der Waals surface area (Å²) in [4.78, 5) is 25.2. The van der Waals surface area contributed by atoms with Crippen molar-refractivity contribution in [2.75, 3.05) is 0 Å². The van der Waals surface area contributed by atoms with Crippen molar-refractivity contribution in [3.63, 3.8) is 0 Å². The maximum atomic E-state index is 12.7. The Labute approximate surface area is 146 Å². The van der Waals surface area contributed by atoms with Crippen LogP contribution in [0.4, 0.5) is 0 Å². The zero-order chi connectivity index (χ0) is 17.8. The van der Waals surface area contributed by atoms with E-state index in [9.17, 15) is 9.59 Å². The molecule has 1 unspecified atom stereocenters. The average Bonchev–Trinajstić information content (AvgIpc) is 2.89. The quantitative estimate of drug-likeness (QED) is 0.751. The van der Waals surface area contributed by atoms with E-state index in [0.717, 1.165) is 23.0 Å². The van der Waals surface area contributed by atoms with Crippen LogP contribution in [0.1, 0.15) is 31.9 Å². The van der Waals surface area contributed by atoms with E-state index in [-0.39, 0.29) is 24.2 Å². The van der Waals surface area contributed by atoms with Gasteiger partial charge in [0.05, 0.1) is 17.1 Å². The lowest BCUT2D eigenvalue weighted by atomic mass is 10.1. The number of para-hydroxylation sites is 2. The fourth-order valence-electron chi connectivity index (χ4n) is 3.12. The van der Waals surface area contributed by atoms with Gasteiger partial charge >= 0.3 is 5.69 Å². The standard InChI is InChI=1S/C20H23N3O2/c1-3-13-22-17-11-7-8-12-18(17)23(20(22)25)14-19(24)21-15(2)16-9-5-4-6-10-16/h4-12,15H,3,13-14H2,1-2H3,(H,21,24). The van der Waals surface area contributed by atoms with Crippen LogP contribution in [0.25, 0.3) is 11.0 Å². The summed E-state index contributed by atoms with van der Waals surface area (Å²) in [5.41, 5.74) is 2.57. The number of rotatable bonds is 6. The van der Waals surface area contributed by atoms with E-state index in [1.165, 1.54) is 0 Å². The van der Waals surface area contributed by atoms with Crippen molar-refractivity contribution in [3.05, 3.63) is 70.6 Å². The highest BCUT2D eigenvalue weighted by Gasteiger charge is 2.16. The third-order valence-electron chi connectivity index (χ3n) is 4.35. The number of imidazole rings is 1. The highest BCUT2D eigenvalue weighted by molar-refractivity contribution is 5.81. The molecular weight excluding hydrogens is 314 g/mol. The van der Waals surface area contributed by atoms with Crippen molar-refractivity contribution in [3.8, 4) is 0 Å². The summed E-state index contributed by atoms with van der Waals surface area (Å²) < 4.78 is 3.29. The summed E-state index contributed by atoms with van der Waals surface area (Å²) in [6.07, 6.45) is 0.866. The van der Waals surface area contributed by atoms with E-state index in [4.69, 9.17) is 0 Å². The van der Waals surface area contributed by atoms with Crippen LogP contribution >= 0.6 is 0 Å². The lowest BCUT2D eigenvalue weighted by molar-refractivity contribution is -0.122. The highest BCUT2D eigenvalue weighted by atomic mass is 16.2. The van der Waals surface area contributed by atoms with Gasteiger partial charge in [-0.1, -0.05) is 49.4 Å². The van der Waals surface area contributed by atoms with Gasteiger partial charge in [0.2, 0.25) is 5.91 Å². The normalized spacial score (nSPS) is 12.2. The summed E-state index contributed by atoms with van der Waals surface area (Å²) in [5.74, 6) is -0.169. The van der Waals surface area contributed by atoms with E-state index in [2.05, 4.69) is 5.32 Å². The molecule has 1 heterocycles. The Hall–Kier alpha value is -2.82. The van der Waals surface area contributed by atoms with Crippen LogP contribution in [0.3, 0.4) is 0 Å². The molecule has 3 aromatic rings. The Balaban J connectivity index is 1.84. The molecule has 0 aliphatic carbocycles. The number of benzene rings is 2. The molecule has 1 atom stereocenters. The number of amides is 1. The Morgan fingerprint density at radius 1 is 1.00 bits per heavy atom. The SMILES string of the molecule is CCCn1c(=O)n(CC(=O)NC(C)c2ccccc2)c2ccccc21. The van der Waals surface area contributed by atoms with Gasteiger partial charge in [0.15, 0.2) is 0 Å². The first-order valence-electron chi connectivity index (χ1n) is 8.64. The molecule has 0 spiro atoms. The molecule has 25 heavy (non-hydrogen) atoms. The molecule has 5 heteroatoms. The second-order valence-electron chi connectivity index (χ2n) is 6.21. The summed E-state index contributed by atoms with van der Waals surface area (Å²) >= 11 is 0. The van der Waals surface area contributed by atoms with Crippen molar-refractivity contribution >= 4 is 16.9 Å². The van der Waals surface area contributed by atoms with Crippen molar-refractivity contribution in [1.29, 1.82) is 0 Å². The minimum absolute atomic E-state index is 0.0211. The van der Waals surface area contributed by atoms with Gasteiger partial charge in [-0.05, 0) is 31.0 Å². The molecule has 130 valence electrons. The second-order valence-corrected chi connectivity index (χ2v) is 6.21. The van der Waals surface area contributed by atoms with Gasteiger partial charge in [0.1, 0.15) is 6.54 Å². The Kier molecular flexibility index (Phi) is 5.03. The maximum Gasteiger partial charge on any atom is 0.329 e. The predicted molar refractivity (Wildman–Crippen MR) is 99.5 cm³/mol. The Morgan fingerprint density at radius 3 is 2.24 bits per heavy atom. The van der Waals surface area contributed by atoms with Crippen molar-refractivity contribution < 1.29 is 4.79 Å². The monoisotopic (exact) mass is 337 g/mol. The summed E-state index contributed by atoms with van der Waals surface area (Å²) in [7, 11) is 0. The number of hydrogen-bond acceptors (Lipinski definition) is 2. The first-order valence-corrected chi connectivity index (χ1v) is 8.64. The zero-order valence-electron chi connectivity index (χ0n) is 14.6. The number of hydrogen-bond donors (Lipinski definition) is 1. The van der Waals surface area contributed by atoms with Gasteiger partial charge in [0, 0.05) is 6.54 Å². The van der Waals surface area contributed by atoms with Gasteiger partial charge in [-0.2, -0.15) is 0 Å². The zero-order valence-corrected chi connectivity index (χ0v) is 14.6. The molecule has 2 aromatic carbocycles. The minimum Gasteiger partial charge on any atom is -0.348 e. The molecule has 3 rings (SSSR count). The van der Waals surface area contributed by atoms with Gasteiger partial charge in [-0.3, -0.25) is 13.9 Å². The second kappa shape index (κ2) is 7.38. The van der Waals surface area contributed by atoms with Gasteiger partial charge in [-0.15, -0.1) is 0 Å². The number of nitrogens with zero attached hydrogens (tertiary/aromatic N) is 2. The van der Waals surface area contributed by atoms with E-state index >= 15 is 0 Å². The molecule has 0 bridgehead atoms. The fraction of sp³-hybridized carbons (Fsp3) is 0.300. The summed E-state index contributed by atoms with van der Waals surface area (Å²) in [5, 5.41) is 2.97. The molecular formula is C20H23N3O2. The van der Waals surface area contributed by atoms with E-state index in [1.54, 1.807) is 9.13 Å². The largest absolute Gasteiger partial charge is 0.348 e. The lowest BCUT2D eigenvalue weighted by Gasteiger charge is -2.14. The van der Waals surface area contributed by atoms with Crippen LogP contribution < -0.4 is 11.0 Å². The number of carbonyl (C=O) groups excluding carboxylic acids is 1. The van der Waals surface area contributed by atoms with Gasteiger partial charge in [0.25, 0.3) is 0 Å². The van der Waals surface area contributed by atoms with Crippen molar-refractivity contribution in [2.45, 2.75) is 39.4 Å².